The topological polar surface area (TPSA) is 32.8 Å². The highest BCUT2D eigenvalue weighted by Gasteiger charge is 2.34. The lowest BCUT2D eigenvalue weighted by atomic mass is 9.65. The first-order valence-electron chi connectivity index (χ1n) is 10.9. The lowest BCUT2D eigenvalue weighted by Crippen LogP contribution is -2.50. The smallest absolute Gasteiger partial charge is 0.410 e. The van der Waals surface area contributed by atoms with Crippen LogP contribution in [0.25, 0.3) is 5.57 Å². The second-order valence-corrected chi connectivity index (χ2v) is 11.1. The standard InChI is InChI=1S/C25H38N2O2/c1-23(2,3)29-22(28)27-14-12-26(13-15-27)21-11-9-8-10-20(21)19-16-24(4,5)18-25(6,7)17-19/h8-11,16H,12-15,17-18H2,1-7H3. The number of rotatable bonds is 2. The minimum atomic E-state index is -0.451. The molecule has 1 heterocycles. The van der Waals surface area contributed by atoms with Crippen molar-refractivity contribution in [2.45, 2.75) is 66.9 Å². The molecule has 1 fully saturated rings. The first-order chi connectivity index (χ1) is 13.4. The number of anilines is 1. The van der Waals surface area contributed by atoms with Gasteiger partial charge in [0.05, 0.1) is 0 Å². The molecule has 0 aromatic heterocycles. The summed E-state index contributed by atoms with van der Waals surface area (Å²) in [5, 5.41) is 0. The van der Waals surface area contributed by atoms with Gasteiger partial charge >= 0.3 is 6.09 Å². The van der Waals surface area contributed by atoms with Gasteiger partial charge in [0.2, 0.25) is 0 Å². The molecule has 0 N–H and O–H groups in total. The van der Waals surface area contributed by atoms with Gasteiger partial charge in [0.25, 0.3) is 0 Å². The highest BCUT2D eigenvalue weighted by molar-refractivity contribution is 5.78. The monoisotopic (exact) mass is 398 g/mol. The summed E-state index contributed by atoms with van der Waals surface area (Å²) in [4.78, 5) is 16.6. The van der Waals surface area contributed by atoms with Crippen LogP contribution in [0, 0.1) is 10.8 Å². The lowest BCUT2D eigenvalue weighted by molar-refractivity contribution is 0.0240. The summed E-state index contributed by atoms with van der Waals surface area (Å²) in [6.07, 6.45) is 4.59. The molecule has 1 aliphatic heterocycles. The van der Waals surface area contributed by atoms with Gasteiger partial charge in [-0.25, -0.2) is 4.79 Å². The third-order valence-electron chi connectivity index (χ3n) is 5.69. The van der Waals surface area contributed by atoms with Gasteiger partial charge in [-0.2, -0.15) is 0 Å². The molecular formula is C25H38N2O2. The molecule has 4 heteroatoms. The van der Waals surface area contributed by atoms with Crippen LogP contribution in [-0.2, 0) is 4.74 Å². The molecule has 1 aromatic rings. The molecule has 0 unspecified atom stereocenters. The minimum Gasteiger partial charge on any atom is -0.444 e. The molecule has 0 atom stereocenters. The Bertz CT molecular complexity index is 778. The second-order valence-electron chi connectivity index (χ2n) is 11.1. The maximum absolute atomic E-state index is 12.4. The van der Waals surface area contributed by atoms with Gasteiger partial charge in [0.15, 0.2) is 0 Å². The normalized spacial score (nSPS) is 21.6. The van der Waals surface area contributed by atoms with E-state index >= 15 is 0 Å². The van der Waals surface area contributed by atoms with Crippen LogP contribution in [0.3, 0.4) is 0 Å². The molecule has 4 nitrogen and oxygen atoms in total. The molecule has 1 amide bonds. The Balaban J connectivity index is 1.77. The van der Waals surface area contributed by atoms with E-state index in [1.807, 2.05) is 25.7 Å². The van der Waals surface area contributed by atoms with Crippen LogP contribution >= 0.6 is 0 Å². The summed E-state index contributed by atoms with van der Waals surface area (Å²) in [7, 11) is 0. The van der Waals surface area contributed by atoms with E-state index < -0.39 is 5.60 Å². The predicted octanol–water partition coefficient (Wildman–Crippen LogP) is 5.97. The van der Waals surface area contributed by atoms with Gasteiger partial charge < -0.3 is 14.5 Å². The fraction of sp³-hybridized carbons (Fsp3) is 0.640. The Hall–Kier alpha value is -1.97. The zero-order valence-corrected chi connectivity index (χ0v) is 19.3. The van der Waals surface area contributed by atoms with Gasteiger partial charge in [-0.3, -0.25) is 0 Å². The molecule has 0 saturated carbocycles. The van der Waals surface area contributed by atoms with Gasteiger partial charge in [-0.15, -0.1) is 0 Å². The minimum absolute atomic E-state index is 0.205. The zero-order valence-electron chi connectivity index (χ0n) is 19.3. The summed E-state index contributed by atoms with van der Waals surface area (Å²) in [6.45, 7) is 18.2. The van der Waals surface area contributed by atoms with Crippen LogP contribution in [0.4, 0.5) is 10.5 Å². The fourth-order valence-corrected chi connectivity index (χ4v) is 5.04. The number of carbonyl (C=O) groups is 1. The van der Waals surface area contributed by atoms with Crippen LogP contribution in [0.5, 0.6) is 0 Å². The van der Waals surface area contributed by atoms with Gasteiger partial charge in [0.1, 0.15) is 5.60 Å². The van der Waals surface area contributed by atoms with E-state index in [4.69, 9.17) is 4.74 Å². The van der Waals surface area contributed by atoms with Crippen LogP contribution in [0.15, 0.2) is 30.3 Å². The van der Waals surface area contributed by atoms with Crippen molar-refractivity contribution in [1.29, 1.82) is 0 Å². The third-order valence-corrected chi connectivity index (χ3v) is 5.69. The van der Waals surface area contributed by atoms with E-state index in [0.29, 0.717) is 18.5 Å². The van der Waals surface area contributed by atoms with E-state index in [0.717, 1.165) is 19.5 Å². The molecule has 2 aliphatic rings. The van der Waals surface area contributed by atoms with Gasteiger partial charge in [-0.05, 0) is 56.1 Å². The predicted molar refractivity (Wildman–Crippen MR) is 121 cm³/mol. The van der Waals surface area contributed by atoms with Crippen molar-refractivity contribution in [3.05, 3.63) is 35.9 Å². The second kappa shape index (κ2) is 7.70. The number of allylic oxidation sites excluding steroid dienone is 2. The Morgan fingerprint density at radius 3 is 2.21 bits per heavy atom. The maximum atomic E-state index is 12.4. The molecule has 1 saturated heterocycles. The van der Waals surface area contributed by atoms with E-state index in [1.54, 1.807) is 0 Å². The van der Waals surface area contributed by atoms with E-state index in [1.165, 1.54) is 23.2 Å². The van der Waals surface area contributed by atoms with E-state index in [-0.39, 0.29) is 11.5 Å². The van der Waals surface area contributed by atoms with Crippen LogP contribution in [0.1, 0.15) is 66.9 Å². The molecule has 29 heavy (non-hydrogen) atoms. The molecule has 160 valence electrons. The van der Waals surface area contributed by atoms with Crippen molar-refractivity contribution in [3.8, 4) is 0 Å². The molecular weight excluding hydrogens is 360 g/mol. The Labute approximate surface area is 176 Å². The Morgan fingerprint density at radius 2 is 1.62 bits per heavy atom. The Kier molecular flexibility index (Phi) is 5.77. The highest BCUT2D eigenvalue weighted by Crippen LogP contribution is 2.48. The van der Waals surface area contributed by atoms with Crippen molar-refractivity contribution in [2.75, 3.05) is 31.1 Å². The molecule has 0 radical (unpaired) electrons. The van der Waals surface area contributed by atoms with Crippen molar-refractivity contribution < 1.29 is 9.53 Å². The van der Waals surface area contributed by atoms with E-state index in [2.05, 4.69) is 62.9 Å². The molecule has 0 spiro atoms. The number of carbonyl (C=O) groups excluding carboxylic acids is 1. The number of hydrogen-bond donors (Lipinski definition) is 0. The number of amides is 1. The SMILES string of the molecule is CC1(C)C=C(c2ccccc2N2CCN(C(=O)OC(C)(C)C)CC2)CC(C)(C)C1. The largest absolute Gasteiger partial charge is 0.444 e. The average molecular weight is 399 g/mol. The van der Waals surface area contributed by atoms with Crippen LogP contribution in [-0.4, -0.2) is 42.8 Å². The first kappa shape index (κ1) is 21.7. The van der Waals surface area contributed by atoms with Crippen LogP contribution < -0.4 is 4.90 Å². The third kappa shape index (κ3) is 5.55. The Morgan fingerprint density at radius 1 is 1.00 bits per heavy atom. The van der Waals surface area contributed by atoms with Gasteiger partial charge in [-0.1, -0.05) is 52.0 Å². The summed E-state index contributed by atoms with van der Waals surface area (Å²) in [6, 6.07) is 8.76. The average Bonchev–Trinajstić information content (AvgIpc) is 2.58. The summed E-state index contributed by atoms with van der Waals surface area (Å²) >= 11 is 0. The number of piperazine rings is 1. The molecule has 1 aliphatic carbocycles. The molecule has 1 aromatic carbocycles. The number of nitrogens with zero attached hydrogens (tertiary/aromatic N) is 2. The van der Waals surface area contributed by atoms with Crippen molar-refractivity contribution in [3.63, 3.8) is 0 Å². The summed E-state index contributed by atoms with van der Waals surface area (Å²) < 4.78 is 5.54. The molecule has 0 bridgehead atoms. The summed E-state index contributed by atoms with van der Waals surface area (Å²) in [5.74, 6) is 0. The summed E-state index contributed by atoms with van der Waals surface area (Å²) in [5.41, 5.74) is 4.15. The first-order valence-corrected chi connectivity index (χ1v) is 10.9. The van der Waals surface area contributed by atoms with Crippen LogP contribution in [0.2, 0.25) is 0 Å². The highest BCUT2D eigenvalue weighted by atomic mass is 16.6. The maximum Gasteiger partial charge on any atom is 0.410 e. The number of benzene rings is 1. The number of ether oxygens (including phenoxy) is 1. The van der Waals surface area contributed by atoms with E-state index in [9.17, 15) is 4.79 Å². The van der Waals surface area contributed by atoms with Crippen molar-refractivity contribution >= 4 is 17.4 Å². The number of hydrogen-bond acceptors (Lipinski definition) is 3. The van der Waals surface area contributed by atoms with Crippen molar-refractivity contribution in [2.24, 2.45) is 10.8 Å². The zero-order chi connectivity index (χ0) is 21.4. The fourth-order valence-electron chi connectivity index (χ4n) is 5.04. The van der Waals surface area contributed by atoms with Crippen molar-refractivity contribution in [1.82, 2.24) is 4.90 Å². The lowest BCUT2D eigenvalue weighted by Gasteiger charge is -2.41. The molecule has 3 rings (SSSR count). The van der Waals surface area contributed by atoms with Gasteiger partial charge in [0, 0.05) is 37.4 Å². The quantitative estimate of drug-likeness (QED) is 0.615. The number of para-hydroxylation sites is 1.